The highest BCUT2D eigenvalue weighted by Crippen LogP contribution is 2.22. The van der Waals surface area contributed by atoms with Crippen molar-refractivity contribution < 1.29 is 28.9 Å². The number of nitrogen functional groups attached to an aromatic ring is 1. The smallest absolute Gasteiger partial charge is 0.328 e. The van der Waals surface area contributed by atoms with Crippen LogP contribution in [-0.2, 0) is 20.8 Å². The van der Waals surface area contributed by atoms with Crippen molar-refractivity contribution in [3.05, 3.63) is 45.9 Å². The number of nitrogens with zero attached hydrogens (tertiary/aromatic N) is 6. The summed E-state index contributed by atoms with van der Waals surface area (Å²) in [6, 6.07) is 6.95. The van der Waals surface area contributed by atoms with Crippen LogP contribution in [0, 0.1) is 0 Å². The molecule has 3 heterocycles. The molecule has 0 aliphatic carbocycles. The van der Waals surface area contributed by atoms with Crippen LogP contribution in [0.15, 0.2) is 39.4 Å². The molecule has 0 fully saturated rings. The molecular weight excluding hydrogens is 610 g/mol. The van der Waals surface area contributed by atoms with Crippen molar-refractivity contribution in [3.8, 4) is 6.01 Å². The number of anilines is 1. The third-order valence-corrected chi connectivity index (χ3v) is 7.80. The SMILES string of the molecule is COCCOc1nc(N)c2[nH]c(=O)n(Cc3ccc(C(=O)NC(C)(C)CCOC(C)(C)CCN4CC(CCC(=O)O)N=N4)cc3)c2n1. The van der Waals surface area contributed by atoms with E-state index in [2.05, 4.69) is 30.6 Å². The Bertz CT molecular complexity index is 1620. The topological polar surface area (TPSA) is 212 Å². The van der Waals surface area contributed by atoms with Gasteiger partial charge in [0.2, 0.25) is 0 Å². The van der Waals surface area contributed by atoms with Crippen molar-refractivity contribution in [2.75, 3.05) is 45.8 Å². The van der Waals surface area contributed by atoms with E-state index < -0.39 is 22.8 Å². The van der Waals surface area contributed by atoms with Gasteiger partial charge in [0.15, 0.2) is 11.5 Å². The van der Waals surface area contributed by atoms with Gasteiger partial charge in [-0.25, -0.2) is 4.79 Å². The van der Waals surface area contributed by atoms with Crippen LogP contribution in [0.2, 0.25) is 0 Å². The Morgan fingerprint density at radius 2 is 1.85 bits per heavy atom. The van der Waals surface area contributed by atoms with Crippen LogP contribution < -0.4 is 21.5 Å². The number of carboxylic acid groups (broad SMARTS) is 1. The minimum atomic E-state index is -0.829. The molecule has 1 aliphatic rings. The predicted octanol–water partition coefficient (Wildman–Crippen LogP) is 2.78. The van der Waals surface area contributed by atoms with Crippen molar-refractivity contribution in [1.29, 1.82) is 0 Å². The Hall–Kier alpha value is -4.57. The fraction of sp³-hybridized carbons (Fsp3) is 0.581. The molecule has 3 aromatic rings. The molecule has 0 radical (unpaired) electrons. The standard InChI is InChI=1S/C31H45N9O7/c1-30(2,13-15-47-31(3,4)12-14-39-19-22(37-38-39)10-11-23(41)42)36-27(43)21-8-6-20(7-9-21)18-40-26-24(33-29(40)44)25(32)34-28(35-26)46-17-16-45-5/h6-9,22H,10-19H2,1-5H3,(H,33,44)(H,36,43)(H,41,42)(H2,32,34,35). The predicted molar refractivity (Wildman–Crippen MR) is 173 cm³/mol. The monoisotopic (exact) mass is 655 g/mol. The fourth-order valence-corrected chi connectivity index (χ4v) is 4.93. The third kappa shape index (κ3) is 10.2. The molecule has 1 unspecified atom stereocenters. The Morgan fingerprint density at radius 3 is 2.55 bits per heavy atom. The van der Waals surface area contributed by atoms with E-state index in [0.29, 0.717) is 62.3 Å². The van der Waals surface area contributed by atoms with Crippen LogP contribution >= 0.6 is 0 Å². The molecule has 0 saturated carbocycles. The second kappa shape index (κ2) is 15.3. The number of ether oxygens (including phenoxy) is 3. The number of carboxylic acids is 1. The average molecular weight is 656 g/mol. The Morgan fingerprint density at radius 1 is 1.11 bits per heavy atom. The number of amides is 1. The van der Waals surface area contributed by atoms with Crippen molar-refractivity contribution in [2.24, 2.45) is 10.3 Å². The molecule has 5 N–H and O–H groups in total. The summed E-state index contributed by atoms with van der Waals surface area (Å²) in [5.74, 6) is -0.953. The number of nitrogens with two attached hydrogens (primary N) is 1. The van der Waals surface area contributed by atoms with E-state index >= 15 is 0 Å². The number of aromatic nitrogens is 4. The number of imidazole rings is 1. The summed E-state index contributed by atoms with van der Waals surface area (Å²) in [6.45, 7) is 10.4. The highest BCUT2D eigenvalue weighted by Gasteiger charge is 2.27. The van der Waals surface area contributed by atoms with Crippen LogP contribution in [0.4, 0.5) is 5.82 Å². The van der Waals surface area contributed by atoms with Gasteiger partial charge in [-0.1, -0.05) is 17.4 Å². The molecule has 0 bridgehead atoms. The Kier molecular flexibility index (Phi) is 11.5. The molecule has 4 rings (SSSR count). The number of methoxy groups -OCH3 is 1. The number of carbonyl (C=O) groups is 2. The van der Waals surface area contributed by atoms with Gasteiger partial charge in [-0.2, -0.15) is 15.1 Å². The van der Waals surface area contributed by atoms with E-state index in [1.807, 2.05) is 32.7 Å². The largest absolute Gasteiger partial charge is 0.481 e. The lowest BCUT2D eigenvalue weighted by Crippen LogP contribution is -2.44. The summed E-state index contributed by atoms with van der Waals surface area (Å²) in [5, 5.41) is 22.1. The van der Waals surface area contributed by atoms with Gasteiger partial charge in [0, 0.05) is 37.8 Å². The van der Waals surface area contributed by atoms with Gasteiger partial charge in [0.05, 0.1) is 31.3 Å². The number of fused-ring (bicyclic) bond motifs is 1. The zero-order chi connectivity index (χ0) is 34.2. The molecule has 16 nitrogen and oxygen atoms in total. The molecule has 16 heteroatoms. The maximum absolute atomic E-state index is 13.1. The van der Waals surface area contributed by atoms with Crippen LogP contribution in [0.1, 0.15) is 69.3 Å². The van der Waals surface area contributed by atoms with E-state index in [4.69, 9.17) is 25.1 Å². The van der Waals surface area contributed by atoms with Gasteiger partial charge in [-0.15, -0.1) is 0 Å². The molecule has 1 amide bonds. The third-order valence-electron chi connectivity index (χ3n) is 7.80. The van der Waals surface area contributed by atoms with Crippen LogP contribution in [0.25, 0.3) is 11.2 Å². The number of benzene rings is 1. The Balaban J connectivity index is 1.26. The quantitative estimate of drug-likeness (QED) is 0.146. The van der Waals surface area contributed by atoms with Crippen LogP contribution in [-0.4, -0.2) is 98.7 Å². The van der Waals surface area contributed by atoms with Gasteiger partial charge in [0.1, 0.15) is 12.1 Å². The zero-order valence-electron chi connectivity index (χ0n) is 27.6. The highest BCUT2D eigenvalue weighted by atomic mass is 16.5. The first kappa shape index (κ1) is 35.3. The summed E-state index contributed by atoms with van der Waals surface area (Å²) in [7, 11) is 1.55. The average Bonchev–Trinajstić information content (AvgIpc) is 3.59. The van der Waals surface area contributed by atoms with Gasteiger partial charge in [0.25, 0.3) is 5.91 Å². The number of nitrogens with one attached hydrogen (secondary N) is 2. The second-order valence-electron chi connectivity index (χ2n) is 12.8. The summed E-state index contributed by atoms with van der Waals surface area (Å²) in [5.41, 5.74) is 6.57. The zero-order valence-corrected chi connectivity index (χ0v) is 27.6. The Labute approximate surface area is 272 Å². The number of hydrogen-bond donors (Lipinski definition) is 4. The molecular formula is C31H45N9O7. The maximum atomic E-state index is 13.1. The number of H-pyrrole nitrogens is 1. The maximum Gasteiger partial charge on any atom is 0.328 e. The normalized spacial score (nSPS) is 15.0. The van der Waals surface area contributed by atoms with Crippen molar-refractivity contribution in [2.45, 2.75) is 77.1 Å². The lowest BCUT2D eigenvalue weighted by Gasteiger charge is -2.31. The van der Waals surface area contributed by atoms with Gasteiger partial charge >= 0.3 is 17.7 Å². The summed E-state index contributed by atoms with van der Waals surface area (Å²) < 4.78 is 18.1. The number of hydrogen-bond acceptors (Lipinski definition) is 12. The van der Waals surface area contributed by atoms with Crippen molar-refractivity contribution >= 4 is 28.9 Å². The van der Waals surface area contributed by atoms with Crippen molar-refractivity contribution in [3.63, 3.8) is 0 Å². The minimum absolute atomic E-state index is 0.0437. The molecule has 1 atom stereocenters. The van der Waals surface area contributed by atoms with Gasteiger partial charge in [-0.05, 0) is 64.7 Å². The van der Waals surface area contributed by atoms with E-state index in [9.17, 15) is 14.4 Å². The lowest BCUT2D eigenvalue weighted by atomic mass is 9.99. The number of aromatic amines is 1. The summed E-state index contributed by atoms with van der Waals surface area (Å²) >= 11 is 0. The van der Waals surface area contributed by atoms with Gasteiger partial charge in [-0.3, -0.25) is 19.2 Å². The molecule has 1 aliphatic heterocycles. The highest BCUT2D eigenvalue weighted by molar-refractivity contribution is 5.94. The lowest BCUT2D eigenvalue weighted by molar-refractivity contribution is -0.137. The summed E-state index contributed by atoms with van der Waals surface area (Å²) in [4.78, 5) is 47.8. The van der Waals surface area contributed by atoms with E-state index in [1.54, 1.807) is 31.4 Å². The second-order valence-corrected chi connectivity index (χ2v) is 12.8. The molecule has 256 valence electrons. The van der Waals surface area contributed by atoms with Crippen molar-refractivity contribution in [1.82, 2.24) is 29.8 Å². The molecule has 1 aromatic carbocycles. The van der Waals surface area contributed by atoms with Gasteiger partial charge < -0.3 is 35.4 Å². The number of aliphatic carboxylic acids is 1. The minimum Gasteiger partial charge on any atom is -0.481 e. The van der Waals surface area contributed by atoms with E-state index in [0.717, 1.165) is 5.56 Å². The summed E-state index contributed by atoms with van der Waals surface area (Å²) in [6.07, 6.45) is 1.86. The molecule has 0 saturated heterocycles. The first-order valence-electron chi connectivity index (χ1n) is 15.6. The van der Waals surface area contributed by atoms with E-state index in [1.165, 1.54) is 4.57 Å². The number of rotatable bonds is 18. The number of carbonyl (C=O) groups excluding carboxylic acids is 1. The molecule has 2 aromatic heterocycles. The first-order chi connectivity index (χ1) is 22.2. The van der Waals surface area contributed by atoms with E-state index in [-0.39, 0.29) is 43.3 Å². The molecule has 0 spiro atoms. The fourth-order valence-electron chi connectivity index (χ4n) is 4.93. The molecule has 47 heavy (non-hydrogen) atoms. The van der Waals surface area contributed by atoms with Crippen LogP contribution in [0.5, 0.6) is 6.01 Å². The first-order valence-corrected chi connectivity index (χ1v) is 15.6. The van der Waals surface area contributed by atoms with Crippen LogP contribution in [0.3, 0.4) is 0 Å².